The third-order valence-corrected chi connectivity index (χ3v) is 6.33. The Morgan fingerprint density at radius 3 is 2.71 bits per heavy atom. The molecule has 2 heterocycles. The largest absolute Gasteiger partial charge is 0.460 e. The number of hydrogen-bond acceptors (Lipinski definition) is 7. The molecule has 0 aliphatic carbocycles. The molecule has 0 atom stereocenters. The maximum absolute atomic E-state index is 12.5. The number of aromatic nitrogens is 3. The van der Waals surface area contributed by atoms with E-state index in [4.69, 9.17) is 4.74 Å². The predicted octanol–water partition coefficient (Wildman–Crippen LogP) is 1.45. The molecule has 1 aliphatic rings. The topological polar surface area (TPSA) is 111 Å². The summed E-state index contributed by atoms with van der Waals surface area (Å²) in [5.74, 6) is -1.25. The first-order chi connectivity index (χ1) is 13.4. The zero-order chi connectivity index (χ0) is 19.9. The van der Waals surface area contributed by atoms with Crippen LogP contribution in [0.1, 0.15) is 27.6 Å². The molecule has 10 heteroatoms. The smallest absolute Gasteiger partial charge is 0.338 e. The molecular formula is C18H16N4O5S. The van der Waals surface area contributed by atoms with Crippen molar-refractivity contribution in [1.82, 2.24) is 19.3 Å². The molecule has 4 rings (SSSR count). The molecule has 0 bridgehead atoms. The molecule has 0 radical (unpaired) electrons. The lowest BCUT2D eigenvalue weighted by Crippen LogP contribution is -2.33. The Hall–Kier alpha value is -3.27. The molecule has 28 heavy (non-hydrogen) atoms. The van der Waals surface area contributed by atoms with Crippen LogP contribution in [0.15, 0.2) is 47.4 Å². The highest BCUT2D eigenvalue weighted by Crippen LogP contribution is 2.29. The van der Waals surface area contributed by atoms with E-state index < -0.39 is 21.9 Å². The average molecular weight is 400 g/mol. The number of fused-ring (bicyclic) bond motifs is 2. The summed E-state index contributed by atoms with van der Waals surface area (Å²) in [7, 11) is -3.92. The standard InChI is InChI=1S/C18H16N4O5S/c1-2-21-15-8-7-12(11-14(15)19-20-21)18(24)27-10-9-22-17(23)13-5-3-4-6-16(13)28(22,25)26/h3-8,11H,2,9-10H2,1H3. The minimum absolute atomic E-state index is 0.0317. The molecule has 0 unspecified atom stereocenters. The fourth-order valence-electron chi connectivity index (χ4n) is 3.09. The van der Waals surface area contributed by atoms with Crippen molar-refractivity contribution in [3.05, 3.63) is 53.6 Å². The van der Waals surface area contributed by atoms with Gasteiger partial charge in [0.05, 0.1) is 23.2 Å². The number of sulfonamides is 1. The van der Waals surface area contributed by atoms with E-state index in [1.165, 1.54) is 12.1 Å². The second kappa shape index (κ2) is 6.71. The Morgan fingerprint density at radius 2 is 1.96 bits per heavy atom. The number of esters is 1. The van der Waals surface area contributed by atoms with Crippen LogP contribution in [0.5, 0.6) is 0 Å². The summed E-state index contributed by atoms with van der Waals surface area (Å²) in [6.45, 7) is 2.08. The van der Waals surface area contributed by atoms with Crippen molar-refractivity contribution in [2.45, 2.75) is 18.4 Å². The van der Waals surface area contributed by atoms with Gasteiger partial charge in [-0.1, -0.05) is 17.3 Å². The number of benzene rings is 2. The molecule has 1 aromatic heterocycles. The van der Waals surface area contributed by atoms with Crippen LogP contribution in [0.4, 0.5) is 0 Å². The zero-order valence-electron chi connectivity index (χ0n) is 14.9. The van der Waals surface area contributed by atoms with Crippen LogP contribution in [0, 0.1) is 0 Å². The third-order valence-electron chi connectivity index (χ3n) is 4.49. The van der Waals surface area contributed by atoms with E-state index in [1.54, 1.807) is 35.0 Å². The van der Waals surface area contributed by atoms with Crippen LogP contribution in [0.3, 0.4) is 0 Å². The van der Waals surface area contributed by atoms with Crippen LogP contribution < -0.4 is 0 Å². The molecule has 0 N–H and O–H groups in total. The molecule has 0 saturated carbocycles. The first-order valence-electron chi connectivity index (χ1n) is 8.60. The molecule has 2 aromatic carbocycles. The monoisotopic (exact) mass is 400 g/mol. The molecule has 1 aliphatic heterocycles. The van der Waals surface area contributed by atoms with Crippen LogP contribution in [-0.2, 0) is 21.3 Å². The molecular weight excluding hydrogens is 384 g/mol. The highest BCUT2D eigenvalue weighted by atomic mass is 32.2. The maximum atomic E-state index is 12.5. The second-order valence-electron chi connectivity index (χ2n) is 6.12. The number of hydrogen-bond donors (Lipinski definition) is 0. The highest BCUT2D eigenvalue weighted by Gasteiger charge is 2.40. The van der Waals surface area contributed by atoms with Crippen LogP contribution in [-0.4, -0.2) is 52.7 Å². The molecule has 0 fully saturated rings. The van der Waals surface area contributed by atoms with Gasteiger partial charge in [-0.15, -0.1) is 5.10 Å². The van der Waals surface area contributed by atoms with Gasteiger partial charge in [0.25, 0.3) is 15.9 Å². The van der Waals surface area contributed by atoms with Crippen LogP contribution in [0.25, 0.3) is 11.0 Å². The van der Waals surface area contributed by atoms with E-state index in [9.17, 15) is 18.0 Å². The summed E-state index contributed by atoms with van der Waals surface area (Å²) in [6, 6.07) is 10.9. The molecule has 0 saturated heterocycles. The van der Waals surface area contributed by atoms with Gasteiger partial charge in [0, 0.05) is 6.54 Å². The summed E-state index contributed by atoms with van der Waals surface area (Å²) >= 11 is 0. The predicted molar refractivity (Wildman–Crippen MR) is 98.1 cm³/mol. The van der Waals surface area contributed by atoms with Crippen molar-refractivity contribution < 1.29 is 22.7 Å². The maximum Gasteiger partial charge on any atom is 0.338 e. The van der Waals surface area contributed by atoms with Crippen LogP contribution >= 0.6 is 0 Å². The molecule has 3 aromatic rings. The number of amides is 1. The van der Waals surface area contributed by atoms with Gasteiger partial charge >= 0.3 is 5.97 Å². The molecule has 0 spiro atoms. The van der Waals surface area contributed by atoms with E-state index >= 15 is 0 Å². The lowest BCUT2D eigenvalue weighted by atomic mass is 10.2. The molecule has 144 valence electrons. The highest BCUT2D eigenvalue weighted by molar-refractivity contribution is 7.90. The average Bonchev–Trinajstić information content (AvgIpc) is 3.20. The van der Waals surface area contributed by atoms with E-state index in [0.717, 1.165) is 9.82 Å². The van der Waals surface area contributed by atoms with E-state index in [1.807, 2.05) is 6.92 Å². The molecule has 1 amide bonds. The fraction of sp³-hybridized carbons (Fsp3) is 0.222. The number of carbonyl (C=O) groups excluding carboxylic acids is 2. The van der Waals surface area contributed by atoms with E-state index in [2.05, 4.69) is 10.3 Å². The fourth-order valence-corrected chi connectivity index (χ4v) is 4.64. The van der Waals surface area contributed by atoms with Crippen molar-refractivity contribution in [3.63, 3.8) is 0 Å². The Morgan fingerprint density at radius 1 is 1.18 bits per heavy atom. The van der Waals surface area contributed by atoms with Crippen molar-refractivity contribution in [3.8, 4) is 0 Å². The molecule has 9 nitrogen and oxygen atoms in total. The number of rotatable bonds is 5. The summed E-state index contributed by atoms with van der Waals surface area (Å²) < 4.78 is 32.5. The van der Waals surface area contributed by atoms with Gasteiger partial charge in [0.2, 0.25) is 0 Å². The van der Waals surface area contributed by atoms with Crippen LogP contribution in [0.2, 0.25) is 0 Å². The van der Waals surface area contributed by atoms with Gasteiger partial charge in [-0.25, -0.2) is 22.2 Å². The van der Waals surface area contributed by atoms with E-state index in [0.29, 0.717) is 12.1 Å². The quantitative estimate of drug-likeness (QED) is 0.596. The Bertz CT molecular complexity index is 1200. The Balaban J connectivity index is 1.44. The van der Waals surface area contributed by atoms with Gasteiger partial charge < -0.3 is 4.74 Å². The van der Waals surface area contributed by atoms with Gasteiger partial charge in [-0.05, 0) is 37.3 Å². The third kappa shape index (κ3) is 2.82. The lowest BCUT2D eigenvalue weighted by Gasteiger charge is -2.15. The number of nitrogens with zero attached hydrogens (tertiary/aromatic N) is 4. The zero-order valence-corrected chi connectivity index (χ0v) is 15.7. The first kappa shape index (κ1) is 18.1. The SMILES string of the molecule is CCn1nnc2cc(C(=O)OCCN3C(=O)c4ccccc4S3(=O)=O)ccc21. The van der Waals surface area contributed by atoms with Crippen molar-refractivity contribution >= 4 is 32.9 Å². The van der Waals surface area contributed by atoms with Gasteiger partial charge in [-0.2, -0.15) is 0 Å². The van der Waals surface area contributed by atoms with Gasteiger partial charge in [0.15, 0.2) is 0 Å². The number of aryl methyl sites for hydroxylation is 1. The van der Waals surface area contributed by atoms with Crippen molar-refractivity contribution in [2.24, 2.45) is 0 Å². The van der Waals surface area contributed by atoms with Gasteiger partial charge in [-0.3, -0.25) is 4.79 Å². The van der Waals surface area contributed by atoms with Gasteiger partial charge in [0.1, 0.15) is 17.0 Å². The minimum Gasteiger partial charge on any atom is -0.460 e. The summed E-state index contributed by atoms with van der Waals surface area (Å²) in [6.07, 6.45) is 0. The normalized spacial score (nSPS) is 15.0. The lowest BCUT2D eigenvalue weighted by molar-refractivity contribution is 0.0478. The summed E-state index contributed by atoms with van der Waals surface area (Å²) in [5.41, 5.74) is 1.75. The first-order valence-corrected chi connectivity index (χ1v) is 10.0. The summed E-state index contributed by atoms with van der Waals surface area (Å²) in [5, 5.41) is 7.98. The second-order valence-corrected chi connectivity index (χ2v) is 7.95. The van der Waals surface area contributed by atoms with Crippen molar-refractivity contribution in [1.29, 1.82) is 0 Å². The Labute approximate surface area is 160 Å². The van der Waals surface area contributed by atoms with Crippen molar-refractivity contribution in [2.75, 3.05) is 13.2 Å². The Kier molecular flexibility index (Phi) is 4.34. The summed E-state index contributed by atoms with van der Waals surface area (Å²) in [4.78, 5) is 24.6. The minimum atomic E-state index is -3.92. The number of ether oxygens (including phenoxy) is 1. The van der Waals surface area contributed by atoms with E-state index in [-0.39, 0.29) is 29.2 Å². The number of carbonyl (C=O) groups is 2.